The van der Waals surface area contributed by atoms with Gasteiger partial charge in [-0.1, -0.05) is 35.3 Å². The first-order chi connectivity index (χ1) is 11.1. The maximum atomic E-state index is 6.49. The van der Waals surface area contributed by atoms with E-state index < -0.39 is 0 Å². The van der Waals surface area contributed by atoms with E-state index in [1.807, 2.05) is 24.3 Å². The number of aromatic nitrogens is 2. The molecule has 3 nitrogen and oxygen atoms in total. The number of nitrogens with zero attached hydrogens (tertiary/aromatic N) is 2. The number of thiophene rings is 1. The van der Waals surface area contributed by atoms with Crippen molar-refractivity contribution in [2.75, 3.05) is 0 Å². The Hall–Kier alpha value is -1.88. The second kappa shape index (κ2) is 5.64. The van der Waals surface area contributed by atoms with Gasteiger partial charge in [-0.2, -0.15) is 0 Å². The van der Waals surface area contributed by atoms with Gasteiger partial charge in [-0.15, -0.1) is 21.5 Å². The van der Waals surface area contributed by atoms with Gasteiger partial charge in [0.05, 0.1) is 5.02 Å². The molecule has 4 rings (SSSR count). The zero-order valence-electron chi connectivity index (χ0n) is 12.0. The summed E-state index contributed by atoms with van der Waals surface area (Å²) < 4.78 is 6.90. The monoisotopic (exact) mass is 360 g/mol. The summed E-state index contributed by atoms with van der Waals surface area (Å²) >= 11 is 13.9. The van der Waals surface area contributed by atoms with E-state index in [-0.39, 0.29) is 0 Å². The molecule has 2 aromatic heterocycles. The van der Waals surface area contributed by atoms with Gasteiger partial charge in [0.2, 0.25) is 5.89 Å². The summed E-state index contributed by atoms with van der Waals surface area (Å²) in [6, 6.07) is 13.4. The van der Waals surface area contributed by atoms with E-state index in [9.17, 15) is 0 Å². The highest BCUT2D eigenvalue weighted by molar-refractivity contribution is 7.23. The third kappa shape index (κ3) is 2.63. The van der Waals surface area contributed by atoms with Crippen LogP contribution in [-0.2, 0) is 0 Å². The van der Waals surface area contributed by atoms with Crippen LogP contribution in [0.1, 0.15) is 5.56 Å². The molecule has 0 saturated carbocycles. The molecule has 0 radical (unpaired) electrons. The molecule has 0 saturated heterocycles. The van der Waals surface area contributed by atoms with Crippen LogP contribution in [0.5, 0.6) is 0 Å². The zero-order chi connectivity index (χ0) is 16.0. The minimum atomic E-state index is 0.429. The van der Waals surface area contributed by atoms with Crippen LogP contribution in [0.2, 0.25) is 10.0 Å². The quantitative estimate of drug-likeness (QED) is 0.425. The summed E-state index contributed by atoms with van der Waals surface area (Å²) in [7, 11) is 0. The molecular formula is C17H10Cl2N2OS. The lowest BCUT2D eigenvalue weighted by Crippen LogP contribution is -1.76. The van der Waals surface area contributed by atoms with E-state index in [2.05, 4.69) is 23.2 Å². The molecule has 6 heteroatoms. The molecule has 114 valence electrons. The van der Waals surface area contributed by atoms with E-state index in [0.717, 1.165) is 20.5 Å². The molecule has 2 heterocycles. The van der Waals surface area contributed by atoms with Crippen LogP contribution in [0.3, 0.4) is 0 Å². The summed E-state index contributed by atoms with van der Waals surface area (Å²) in [5.74, 6) is 0.875. The van der Waals surface area contributed by atoms with E-state index in [4.69, 9.17) is 27.6 Å². The van der Waals surface area contributed by atoms with Crippen molar-refractivity contribution in [3.63, 3.8) is 0 Å². The van der Waals surface area contributed by atoms with Crippen LogP contribution in [0.4, 0.5) is 0 Å². The van der Waals surface area contributed by atoms with Crippen molar-refractivity contribution >= 4 is 44.6 Å². The smallest absolute Gasteiger partial charge is 0.259 e. The SMILES string of the molecule is Cc1ccc2c(Cl)c(-c3nnc(-c4ccc(Cl)cc4)o3)sc2c1. The molecule has 23 heavy (non-hydrogen) atoms. The highest BCUT2D eigenvalue weighted by atomic mass is 35.5. The van der Waals surface area contributed by atoms with E-state index in [1.165, 1.54) is 5.56 Å². The maximum Gasteiger partial charge on any atom is 0.259 e. The van der Waals surface area contributed by atoms with Crippen LogP contribution < -0.4 is 0 Å². The number of hydrogen-bond acceptors (Lipinski definition) is 4. The van der Waals surface area contributed by atoms with Gasteiger partial charge in [-0.25, -0.2) is 0 Å². The normalized spacial score (nSPS) is 11.3. The molecule has 0 unspecified atom stereocenters. The van der Waals surface area contributed by atoms with E-state index in [1.54, 1.807) is 23.5 Å². The Kier molecular flexibility index (Phi) is 3.60. The molecule has 0 aliphatic rings. The fourth-order valence-corrected chi connectivity index (χ4v) is 3.99. The lowest BCUT2D eigenvalue weighted by atomic mass is 10.2. The van der Waals surface area contributed by atoms with Crippen molar-refractivity contribution in [1.29, 1.82) is 0 Å². The molecule has 2 aromatic carbocycles. The first-order valence-corrected chi connectivity index (χ1v) is 8.47. The van der Waals surface area contributed by atoms with Crippen LogP contribution in [0.25, 0.3) is 32.3 Å². The molecule has 4 aromatic rings. The summed E-state index contributed by atoms with van der Waals surface area (Å²) in [5.41, 5.74) is 2.01. The van der Waals surface area contributed by atoms with Gasteiger partial charge < -0.3 is 4.42 Å². The Morgan fingerprint density at radius 2 is 1.70 bits per heavy atom. The molecular weight excluding hydrogens is 351 g/mol. The number of rotatable bonds is 2. The van der Waals surface area contributed by atoms with Crippen LogP contribution in [0.15, 0.2) is 46.9 Å². The average molecular weight is 361 g/mol. The molecule has 0 amide bonds. The third-order valence-electron chi connectivity index (χ3n) is 3.50. The molecule has 0 N–H and O–H groups in total. The molecule has 0 aliphatic carbocycles. The molecule has 0 fully saturated rings. The lowest BCUT2D eigenvalue weighted by Gasteiger charge is -1.94. The minimum absolute atomic E-state index is 0.429. The second-order valence-electron chi connectivity index (χ2n) is 5.16. The molecule has 0 bridgehead atoms. The second-order valence-corrected chi connectivity index (χ2v) is 7.03. The highest BCUT2D eigenvalue weighted by Gasteiger charge is 2.18. The summed E-state index contributed by atoms with van der Waals surface area (Å²) in [5, 5.41) is 10.6. The minimum Gasteiger partial charge on any atom is -0.415 e. The Labute approximate surface area is 146 Å². The van der Waals surface area contributed by atoms with Gasteiger partial charge in [0.1, 0.15) is 4.88 Å². The summed E-state index contributed by atoms with van der Waals surface area (Å²) in [6.45, 7) is 2.05. The topological polar surface area (TPSA) is 38.9 Å². The average Bonchev–Trinajstić information content (AvgIpc) is 3.13. The molecule has 0 aliphatic heterocycles. The van der Waals surface area contributed by atoms with Gasteiger partial charge in [0, 0.05) is 20.7 Å². The van der Waals surface area contributed by atoms with Crippen LogP contribution >= 0.6 is 34.5 Å². The van der Waals surface area contributed by atoms with Crippen molar-refractivity contribution in [3.8, 4) is 22.2 Å². The van der Waals surface area contributed by atoms with Gasteiger partial charge in [0.15, 0.2) is 0 Å². The van der Waals surface area contributed by atoms with Crippen molar-refractivity contribution < 1.29 is 4.42 Å². The zero-order valence-corrected chi connectivity index (χ0v) is 14.3. The van der Waals surface area contributed by atoms with Crippen molar-refractivity contribution in [2.24, 2.45) is 0 Å². The van der Waals surface area contributed by atoms with Crippen molar-refractivity contribution in [3.05, 3.63) is 58.1 Å². The summed E-state index contributed by atoms with van der Waals surface area (Å²) in [4.78, 5) is 0.792. The van der Waals surface area contributed by atoms with E-state index >= 15 is 0 Å². The van der Waals surface area contributed by atoms with Gasteiger partial charge in [-0.3, -0.25) is 0 Å². The Bertz CT molecular complexity index is 1010. The fraction of sp³-hybridized carbons (Fsp3) is 0.0588. The Morgan fingerprint density at radius 3 is 2.48 bits per heavy atom. The van der Waals surface area contributed by atoms with Crippen LogP contribution in [0, 0.1) is 6.92 Å². The lowest BCUT2D eigenvalue weighted by molar-refractivity contribution is 0.586. The number of halogens is 2. The Balaban J connectivity index is 1.80. The van der Waals surface area contributed by atoms with Crippen molar-refractivity contribution in [1.82, 2.24) is 10.2 Å². The highest BCUT2D eigenvalue weighted by Crippen LogP contribution is 2.42. The predicted molar refractivity (Wildman–Crippen MR) is 95.3 cm³/mol. The molecule has 0 spiro atoms. The van der Waals surface area contributed by atoms with Gasteiger partial charge in [0.25, 0.3) is 5.89 Å². The van der Waals surface area contributed by atoms with Crippen LogP contribution in [-0.4, -0.2) is 10.2 Å². The van der Waals surface area contributed by atoms with Crippen molar-refractivity contribution in [2.45, 2.75) is 6.92 Å². The fourth-order valence-electron chi connectivity index (χ4n) is 2.33. The van der Waals surface area contributed by atoms with Gasteiger partial charge in [-0.05, 0) is 42.8 Å². The number of fused-ring (bicyclic) bond motifs is 1. The first-order valence-electron chi connectivity index (χ1n) is 6.90. The largest absolute Gasteiger partial charge is 0.415 e. The predicted octanol–water partition coefficient (Wildman–Crippen LogP) is 6.23. The number of hydrogen-bond donors (Lipinski definition) is 0. The standard InChI is InChI=1S/C17H10Cl2N2OS/c1-9-2-7-12-13(8-9)23-15(14(12)19)17-21-20-16(22-17)10-3-5-11(18)6-4-10/h2-8H,1H3. The first kappa shape index (κ1) is 14.7. The van der Waals surface area contributed by atoms with Gasteiger partial charge >= 0.3 is 0 Å². The number of aryl methyl sites for hydroxylation is 1. The number of benzene rings is 2. The summed E-state index contributed by atoms with van der Waals surface area (Å²) in [6.07, 6.45) is 0. The Morgan fingerprint density at radius 1 is 0.957 bits per heavy atom. The maximum absolute atomic E-state index is 6.49. The molecule has 0 atom stereocenters. The van der Waals surface area contributed by atoms with E-state index in [0.29, 0.717) is 21.8 Å². The third-order valence-corrected chi connectivity index (χ3v) is 5.39.